The van der Waals surface area contributed by atoms with Crippen molar-refractivity contribution in [3.8, 4) is 0 Å². The fourth-order valence-electron chi connectivity index (χ4n) is 1.33. The van der Waals surface area contributed by atoms with Gasteiger partial charge in [0.2, 0.25) is 5.91 Å². The quantitative estimate of drug-likeness (QED) is 0.0528. The number of carbonyl (C=O) groups excluding carboxylic acids is 1. The summed E-state index contributed by atoms with van der Waals surface area (Å²) in [5.74, 6) is -4.42. The van der Waals surface area contributed by atoms with Crippen molar-refractivity contribution in [3.63, 3.8) is 0 Å². The molecule has 0 spiro atoms. The van der Waals surface area contributed by atoms with Crippen LogP contribution in [0.25, 0.3) is 0 Å². The molecular weight excluding hydrogens is 444 g/mol. The summed E-state index contributed by atoms with van der Waals surface area (Å²) in [6.07, 6.45) is 0.405. The molecule has 2 atom stereocenters. The highest BCUT2D eigenvalue weighted by atomic mass is 32.2. The zero-order valence-electron chi connectivity index (χ0n) is 14.5. The lowest BCUT2D eigenvalue weighted by Gasteiger charge is -2.11. The molecule has 0 saturated carbocycles. The molecule has 8 N–H and O–H groups in total. The molecule has 17 heteroatoms. The van der Waals surface area contributed by atoms with E-state index >= 15 is 0 Å². The van der Waals surface area contributed by atoms with Gasteiger partial charge in [-0.1, -0.05) is 5.04 Å². The number of rotatable bonds is 13. The minimum atomic E-state index is -4.32. The number of amides is 1. The summed E-state index contributed by atoms with van der Waals surface area (Å²) in [5, 5.41) is 36.3. The van der Waals surface area contributed by atoms with Gasteiger partial charge in [-0.05, 0) is 0 Å². The van der Waals surface area contributed by atoms with Crippen LogP contribution >= 0.6 is 12.0 Å². The van der Waals surface area contributed by atoms with Gasteiger partial charge in [-0.3, -0.25) is 18.9 Å². The van der Waals surface area contributed by atoms with E-state index in [9.17, 15) is 27.6 Å². The maximum atomic E-state index is 11.1. The lowest BCUT2D eigenvalue weighted by molar-refractivity contribution is -0.432. The smallest absolute Gasteiger partial charge is 0.328 e. The molecule has 0 radical (unpaired) electrons. The van der Waals surface area contributed by atoms with Crippen molar-refractivity contribution < 1.29 is 62.1 Å². The molecular formula is C12H20N2O13S2. The third-order valence-electron chi connectivity index (χ3n) is 2.58. The first-order chi connectivity index (χ1) is 13.3. The van der Waals surface area contributed by atoms with Crippen LogP contribution in [0.15, 0.2) is 12.2 Å². The first-order valence-electron chi connectivity index (χ1n) is 7.25. The summed E-state index contributed by atoms with van der Waals surface area (Å²) in [6.45, 7) is -0.506. The second-order valence-electron chi connectivity index (χ2n) is 4.85. The molecule has 0 aliphatic carbocycles. The van der Waals surface area contributed by atoms with Crippen molar-refractivity contribution in [3.05, 3.63) is 12.2 Å². The lowest BCUT2D eigenvalue weighted by Crippen LogP contribution is -2.31. The molecule has 0 fully saturated rings. The highest BCUT2D eigenvalue weighted by molar-refractivity contribution is 7.95. The average molecular weight is 464 g/mol. The van der Waals surface area contributed by atoms with E-state index in [0.29, 0.717) is 18.1 Å². The zero-order valence-corrected chi connectivity index (χ0v) is 16.2. The van der Waals surface area contributed by atoms with Crippen molar-refractivity contribution in [2.75, 3.05) is 13.1 Å². The lowest BCUT2D eigenvalue weighted by atomic mass is 10.3. The summed E-state index contributed by atoms with van der Waals surface area (Å²) < 4.78 is 33.0. The highest BCUT2D eigenvalue weighted by Gasteiger charge is 2.23. The van der Waals surface area contributed by atoms with Gasteiger partial charge in [-0.25, -0.2) is 10.1 Å². The van der Waals surface area contributed by atoms with E-state index in [-0.39, 0.29) is 13.0 Å². The molecule has 0 aliphatic rings. The second-order valence-corrected chi connectivity index (χ2v) is 7.54. The van der Waals surface area contributed by atoms with Crippen molar-refractivity contribution >= 4 is 46.0 Å². The van der Waals surface area contributed by atoms with Gasteiger partial charge in [0.1, 0.15) is 5.25 Å². The van der Waals surface area contributed by atoms with Crippen LogP contribution in [0, 0.1) is 0 Å². The van der Waals surface area contributed by atoms with Crippen LogP contribution in [0.3, 0.4) is 0 Å². The Morgan fingerprint density at radius 1 is 1.07 bits per heavy atom. The van der Waals surface area contributed by atoms with Gasteiger partial charge >= 0.3 is 17.9 Å². The van der Waals surface area contributed by atoms with E-state index in [1.807, 2.05) is 0 Å². The molecule has 0 heterocycles. The summed E-state index contributed by atoms with van der Waals surface area (Å²) in [5.41, 5.74) is 4.90. The number of carboxylic acids is 3. The summed E-state index contributed by atoms with van der Waals surface area (Å²) >= 11 is 0.508. The number of nitrogens with one attached hydrogen (secondary N) is 1. The number of hydrogen-bond acceptors (Lipinski definition) is 11. The van der Waals surface area contributed by atoms with Gasteiger partial charge in [0.15, 0.2) is 0 Å². The maximum Gasteiger partial charge on any atom is 0.328 e. The molecule has 0 aromatic carbocycles. The minimum absolute atomic E-state index is 0.108. The molecule has 15 nitrogen and oxygen atoms in total. The largest absolute Gasteiger partial charge is 0.481 e. The number of aliphatic carboxylic acids is 3. The molecule has 29 heavy (non-hydrogen) atoms. The van der Waals surface area contributed by atoms with Crippen molar-refractivity contribution in [2.24, 2.45) is 5.73 Å². The van der Waals surface area contributed by atoms with Crippen LogP contribution < -0.4 is 11.1 Å². The Balaban J connectivity index is 0. The van der Waals surface area contributed by atoms with Crippen LogP contribution in [0.4, 0.5) is 0 Å². The Bertz CT molecular complexity index is 679. The summed E-state index contributed by atoms with van der Waals surface area (Å²) in [6, 6.07) is 0. The van der Waals surface area contributed by atoms with E-state index in [0.717, 1.165) is 6.08 Å². The molecule has 0 aromatic heterocycles. The van der Waals surface area contributed by atoms with Gasteiger partial charge in [-0.2, -0.15) is 8.42 Å². The summed E-state index contributed by atoms with van der Waals surface area (Å²) in [7, 11) is -4.32. The topological polar surface area (TPSA) is 260 Å². The van der Waals surface area contributed by atoms with E-state index < -0.39 is 57.4 Å². The van der Waals surface area contributed by atoms with E-state index in [1.165, 1.54) is 0 Å². The van der Waals surface area contributed by atoms with E-state index in [4.69, 9.17) is 30.9 Å². The molecule has 0 aliphatic heterocycles. The Morgan fingerprint density at radius 2 is 1.62 bits per heavy atom. The first-order valence-corrected chi connectivity index (χ1v) is 9.56. The number of carboxylic acid groups (broad SMARTS) is 3. The Hall–Kier alpha value is -2.28. The molecule has 0 bridgehead atoms. The van der Waals surface area contributed by atoms with Crippen LogP contribution in [0.5, 0.6) is 0 Å². The van der Waals surface area contributed by atoms with Crippen LogP contribution in [0.1, 0.15) is 12.8 Å². The van der Waals surface area contributed by atoms with Gasteiger partial charge < -0.3 is 26.4 Å². The molecule has 0 aromatic rings. The zero-order chi connectivity index (χ0) is 23.0. The maximum absolute atomic E-state index is 11.1. The molecule has 2 unspecified atom stereocenters. The minimum Gasteiger partial charge on any atom is -0.481 e. The Labute approximate surface area is 168 Å². The third-order valence-corrected chi connectivity index (χ3v) is 4.52. The van der Waals surface area contributed by atoms with E-state index in [2.05, 4.69) is 14.7 Å². The van der Waals surface area contributed by atoms with E-state index in [1.54, 1.807) is 0 Å². The number of hydrogen-bond donors (Lipinski definition) is 7. The summed E-state index contributed by atoms with van der Waals surface area (Å²) in [4.78, 5) is 41.6. The van der Waals surface area contributed by atoms with Crippen molar-refractivity contribution in [1.29, 1.82) is 0 Å². The van der Waals surface area contributed by atoms with Crippen LogP contribution in [0.2, 0.25) is 0 Å². The van der Waals surface area contributed by atoms with Gasteiger partial charge in [0.05, 0.1) is 18.1 Å². The predicted molar refractivity (Wildman–Crippen MR) is 94.9 cm³/mol. The number of nitrogens with two attached hydrogens (primary N) is 1. The standard InChI is InChI=1S/C8H11NO8S.C4H9NO5S/c10-6(1-2-7(11)12)9-4-5(3-8(13)14)18-17-16-15;5-2-3(1-4(6)7)11(8,9)10/h1-2,5,15H,3-4H2,(H,9,10)(H,11,12)(H,13,14);3H,1-2,5H2,(H,6,7)(H,8,9,10)/b2-1-;. The molecule has 1 amide bonds. The van der Waals surface area contributed by atoms with Crippen molar-refractivity contribution in [1.82, 2.24) is 5.32 Å². The SMILES string of the molecule is NCC(CC(=O)O)S(=O)(=O)O.O=C(O)/C=C\C(=O)NCC(CC(=O)O)SOOO. The van der Waals surface area contributed by atoms with Crippen LogP contribution in [-0.2, 0) is 38.7 Å². The van der Waals surface area contributed by atoms with Crippen LogP contribution in [-0.4, -0.2) is 81.0 Å². The molecule has 168 valence electrons. The third kappa shape index (κ3) is 18.8. The second kappa shape index (κ2) is 15.6. The average Bonchev–Trinajstić information content (AvgIpc) is 2.59. The van der Waals surface area contributed by atoms with Gasteiger partial charge in [0, 0.05) is 37.3 Å². The van der Waals surface area contributed by atoms with Gasteiger partial charge in [0.25, 0.3) is 10.1 Å². The van der Waals surface area contributed by atoms with Crippen molar-refractivity contribution in [2.45, 2.75) is 23.3 Å². The highest BCUT2D eigenvalue weighted by Crippen LogP contribution is 2.15. The first kappa shape index (κ1) is 28.9. The molecule has 0 rings (SSSR count). The van der Waals surface area contributed by atoms with Gasteiger partial charge in [-0.15, -0.1) is 4.33 Å². The fraction of sp³-hybridized carbons (Fsp3) is 0.500. The predicted octanol–water partition coefficient (Wildman–Crippen LogP) is -1.67. The normalized spacial score (nSPS) is 13.1. The Kier molecular flexibility index (Phi) is 15.6. The molecule has 0 saturated heterocycles. The number of carbonyl (C=O) groups is 4. The monoisotopic (exact) mass is 464 g/mol. The fourth-order valence-corrected chi connectivity index (χ4v) is 2.44. The Morgan fingerprint density at radius 3 is 1.97 bits per heavy atom.